The average molecular weight is 271 g/mol. The number of aromatic nitrogens is 2. The van der Waals surface area contributed by atoms with Crippen LogP contribution in [0.4, 0.5) is 0 Å². The Morgan fingerprint density at radius 3 is 2.50 bits per heavy atom. The fraction of sp³-hybridized carbons (Fsp3) is 0.471. The number of nitrogens with zero attached hydrogens (tertiary/aromatic N) is 2. The smallest absolute Gasteiger partial charge is 0.108 e. The van der Waals surface area contributed by atoms with E-state index in [0.29, 0.717) is 5.92 Å². The number of benzene rings is 1. The molecule has 0 saturated carbocycles. The SMILES string of the molecule is CCc1nccn1Cc1ccc(CNCC(C)C)cc1. The van der Waals surface area contributed by atoms with Crippen LogP contribution in [-0.2, 0) is 19.5 Å². The van der Waals surface area contributed by atoms with Crippen LogP contribution in [0.1, 0.15) is 37.7 Å². The van der Waals surface area contributed by atoms with Crippen molar-refractivity contribution >= 4 is 0 Å². The van der Waals surface area contributed by atoms with E-state index in [1.807, 2.05) is 6.20 Å². The zero-order valence-corrected chi connectivity index (χ0v) is 12.8. The van der Waals surface area contributed by atoms with E-state index >= 15 is 0 Å². The van der Waals surface area contributed by atoms with Gasteiger partial charge in [-0.3, -0.25) is 0 Å². The van der Waals surface area contributed by atoms with Crippen molar-refractivity contribution in [3.8, 4) is 0 Å². The third-order valence-electron chi connectivity index (χ3n) is 3.38. The summed E-state index contributed by atoms with van der Waals surface area (Å²) in [4.78, 5) is 4.36. The van der Waals surface area contributed by atoms with Crippen molar-refractivity contribution in [1.29, 1.82) is 0 Å². The van der Waals surface area contributed by atoms with E-state index in [4.69, 9.17) is 0 Å². The molecule has 20 heavy (non-hydrogen) atoms. The van der Waals surface area contributed by atoms with Crippen molar-refractivity contribution < 1.29 is 0 Å². The highest BCUT2D eigenvalue weighted by atomic mass is 15.1. The molecule has 3 nitrogen and oxygen atoms in total. The van der Waals surface area contributed by atoms with E-state index in [9.17, 15) is 0 Å². The molecule has 0 unspecified atom stereocenters. The van der Waals surface area contributed by atoms with Crippen molar-refractivity contribution in [2.75, 3.05) is 6.54 Å². The Balaban J connectivity index is 1.91. The van der Waals surface area contributed by atoms with E-state index in [-0.39, 0.29) is 0 Å². The van der Waals surface area contributed by atoms with Crippen molar-refractivity contribution in [3.05, 3.63) is 53.6 Å². The average Bonchev–Trinajstić information content (AvgIpc) is 2.87. The third-order valence-corrected chi connectivity index (χ3v) is 3.38. The molecule has 0 amide bonds. The van der Waals surface area contributed by atoms with E-state index < -0.39 is 0 Å². The number of rotatable bonds is 7. The standard InChI is InChI=1S/C17H25N3/c1-4-17-19-9-10-20(17)13-16-7-5-15(6-8-16)12-18-11-14(2)3/h5-10,14,18H,4,11-13H2,1-3H3. The molecule has 0 fully saturated rings. The van der Waals surface area contributed by atoms with Crippen molar-refractivity contribution in [2.24, 2.45) is 5.92 Å². The molecule has 3 heteroatoms. The maximum Gasteiger partial charge on any atom is 0.108 e. The van der Waals surface area contributed by atoms with Gasteiger partial charge in [0.2, 0.25) is 0 Å². The van der Waals surface area contributed by atoms with Gasteiger partial charge in [0.05, 0.1) is 0 Å². The van der Waals surface area contributed by atoms with Crippen LogP contribution < -0.4 is 5.32 Å². The lowest BCUT2D eigenvalue weighted by Gasteiger charge is -2.09. The Hall–Kier alpha value is -1.61. The number of imidazole rings is 1. The van der Waals surface area contributed by atoms with Gasteiger partial charge in [0.1, 0.15) is 5.82 Å². The number of nitrogens with one attached hydrogen (secondary N) is 1. The Labute approximate surface area is 122 Å². The summed E-state index contributed by atoms with van der Waals surface area (Å²) in [5.41, 5.74) is 2.67. The zero-order valence-electron chi connectivity index (χ0n) is 12.8. The van der Waals surface area contributed by atoms with Crippen LogP contribution in [-0.4, -0.2) is 16.1 Å². The highest BCUT2D eigenvalue weighted by Gasteiger charge is 2.01. The Morgan fingerprint density at radius 2 is 1.85 bits per heavy atom. The summed E-state index contributed by atoms with van der Waals surface area (Å²) >= 11 is 0. The van der Waals surface area contributed by atoms with E-state index in [2.05, 4.69) is 66.1 Å². The van der Waals surface area contributed by atoms with Crippen LogP contribution >= 0.6 is 0 Å². The summed E-state index contributed by atoms with van der Waals surface area (Å²) in [7, 11) is 0. The lowest BCUT2D eigenvalue weighted by atomic mass is 10.1. The van der Waals surface area contributed by atoms with Crippen LogP contribution in [0.3, 0.4) is 0 Å². The van der Waals surface area contributed by atoms with Crippen molar-refractivity contribution in [1.82, 2.24) is 14.9 Å². The molecule has 0 aliphatic carbocycles. The predicted molar refractivity (Wildman–Crippen MR) is 83.7 cm³/mol. The molecule has 1 aromatic heterocycles. The minimum atomic E-state index is 0.697. The first kappa shape index (κ1) is 14.8. The molecule has 0 bridgehead atoms. The van der Waals surface area contributed by atoms with E-state index in [1.165, 1.54) is 11.1 Å². The predicted octanol–water partition coefficient (Wildman–Crippen LogP) is 3.24. The van der Waals surface area contributed by atoms with Crippen molar-refractivity contribution in [2.45, 2.75) is 40.3 Å². The van der Waals surface area contributed by atoms with Crippen LogP contribution in [0.25, 0.3) is 0 Å². The summed E-state index contributed by atoms with van der Waals surface area (Å²) in [5, 5.41) is 3.47. The molecule has 1 N–H and O–H groups in total. The Kier molecular flexibility index (Phi) is 5.36. The van der Waals surface area contributed by atoms with Gasteiger partial charge >= 0.3 is 0 Å². The van der Waals surface area contributed by atoms with Crippen LogP contribution in [0.2, 0.25) is 0 Å². The van der Waals surface area contributed by atoms with E-state index in [1.54, 1.807) is 0 Å². The van der Waals surface area contributed by atoms with E-state index in [0.717, 1.165) is 31.9 Å². The maximum atomic E-state index is 4.36. The second-order valence-electron chi connectivity index (χ2n) is 5.67. The molecule has 2 aromatic rings. The van der Waals surface area contributed by atoms with Gasteiger partial charge < -0.3 is 9.88 Å². The summed E-state index contributed by atoms with van der Waals surface area (Å²) in [6.07, 6.45) is 4.91. The van der Waals surface area contributed by atoms with Gasteiger partial charge in [-0.2, -0.15) is 0 Å². The quantitative estimate of drug-likeness (QED) is 0.838. The largest absolute Gasteiger partial charge is 0.331 e. The lowest BCUT2D eigenvalue weighted by molar-refractivity contribution is 0.552. The zero-order chi connectivity index (χ0) is 14.4. The van der Waals surface area contributed by atoms with Crippen molar-refractivity contribution in [3.63, 3.8) is 0 Å². The molecule has 0 spiro atoms. The van der Waals surface area contributed by atoms with Gasteiger partial charge in [0.15, 0.2) is 0 Å². The Morgan fingerprint density at radius 1 is 1.15 bits per heavy atom. The van der Waals surface area contributed by atoms with Crippen LogP contribution in [0.5, 0.6) is 0 Å². The molecule has 108 valence electrons. The summed E-state index contributed by atoms with van der Waals surface area (Å²) < 4.78 is 2.21. The molecule has 0 aliphatic heterocycles. The molecule has 1 aromatic carbocycles. The van der Waals surface area contributed by atoms with Gasteiger partial charge in [0.25, 0.3) is 0 Å². The third kappa shape index (κ3) is 4.20. The minimum absolute atomic E-state index is 0.697. The first-order chi connectivity index (χ1) is 9.69. The second kappa shape index (κ2) is 7.25. The van der Waals surface area contributed by atoms with Gasteiger partial charge in [-0.1, -0.05) is 45.0 Å². The number of aryl methyl sites for hydroxylation is 1. The molecule has 0 saturated heterocycles. The summed E-state index contributed by atoms with van der Waals surface area (Å²) in [6.45, 7) is 9.52. The highest BCUT2D eigenvalue weighted by molar-refractivity contribution is 5.23. The molecular formula is C17H25N3. The van der Waals surface area contributed by atoms with Gasteiger partial charge in [-0.05, 0) is 23.6 Å². The minimum Gasteiger partial charge on any atom is -0.331 e. The highest BCUT2D eigenvalue weighted by Crippen LogP contribution is 2.08. The number of hydrogen-bond donors (Lipinski definition) is 1. The summed E-state index contributed by atoms with van der Waals surface area (Å²) in [5.74, 6) is 1.84. The fourth-order valence-corrected chi connectivity index (χ4v) is 2.26. The van der Waals surface area contributed by atoms with Gasteiger partial charge in [0, 0.05) is 31.9 Å². The molecule has 0 radical (unpaired) electrons. The second-order valence-corrected chi connectivity index (χ2v) is 5.67. The summed E-state index contributed by atoms with van der Waals surface area (Å²) in [6, 6.07) is 8.86. The van der Waals surface area contributed by atoms with Crippen LogP contribution in [0, 0.1) is 5.92 Å². The monoisotopic (exact) mass is 271 g/mol. The Bertz CT molecular complexity index is 511. The first-order valence-corrected chi connectivity index (χ1v) is 7.47. The fourth-order valence-electron chi connectivity index (χ4n) is 2.26. The topological polar surface area (TPSA) is 29.9 Å². The van der Waals surface area contributed by atoms with Gasteiger partial charge in [-0.25, -0.2) is 4.98 Å². The normalized spacial score (nSPS) is 11.2. The lowest BCUT2D eigenvalue weighted by Crippen LogP contribution is -2.18. The molecule has 0 atom stereocenters. The number of hydrogen-bond acceptors (Lipinski definition) is 2. The van der Waals surface area contributed by atoms with Crippen LogP contribution in [0.15, 0.2) is 36.7 Å². The maximum absolute atomic E-state index is 4.36. The molecule has 0 aliphatic rings. The first-order valence-electron chi connectivity index (χ1n) is 7.47. The molecule has 2 rings (SSSR count). The molecular weight excluding hydrogens is 246 g/mol. The molecule has 1 heterocycles. The van der Waals surface area contributed by atoms with Gasteiger partial charge in [-0.15, -0.1) is 0 Å².